The third kappa shape index (κ3) is 7.62. The van der Waals surface area contributed by atoms with Gasteiger partial charge in [-0.2, -0.15) is 0 Å². The van der Waals surface area contributed by atoms with Gasteiger partial charge >= 0.3 is 29.8 Å². The van der Waals surface area contributed by atoms with Gasteiger partial charge in [0.1, 0.15) is 18.8 Å². The summed E-state index contributed by atoms with van der Waals surface area (Å²) in [5.41, 5.74) is 0. The molecule has 0 spiro atoms. The van der Waals surface area contributed by atoms with Crippen LogP contribution in [0.15, 0.2) is 0 Å². The number of esters is 5. The Kier molecular flexibility index (Phi) is 9.73. The first-order valence-electron chi connectivity index (χ1n) is 10.3. The number of rotatable bonds is 9. The Morgan fingerprint density at radius 2 is 1.06 bits per heavy atom. The molecule has 1 N–H and O–H groups in total. The van der Waals surface area contributed by atoms with Crippen LogP contribution in [0.1, 0.15) is 34.6 Å². The first-order valence-corrected chi connectivity index (χ1v) is 10.3. The van der Waals surface area contributed by atoms with Crippen LogP contribution in [-0.2, 0) is 61.9 Å². The molecule has 2 aliphatic rings. The van der Waals surface area contributed by atoms with Crippen LogP contribution in [0.4, 0.5) is 0 Å². The van der Waals surface area contributed by atoms with Crippen molar-refractivity contribution < 1.29 is 67.0 Å². The average molecular weight is 492 g/mol. The van der Waals surface area contributed by atoms with Crippen molar-refractivity contribution in [2.45, 2.75) is 83.8 Å². The number of hydrogen-bond donors (Lipinski definition) is 1. The minimum Gasteiger partial charge on any atom is -0.463 e. The number of ether oxygens (including phenoxy) is 8. The second-order valence-electron chi connectivity index (χ2n) is 7.54. The summed E-state index contributed by atoms with van der Waals surface area (Å²) in [6, 6.07) is 0. The highest BCUT2D eigenvalue weighted by molar-refractivity contribution is 5.68. The minimum absolute atomic E-state index is 0.325. The quantitative estimate of drug-likeness (QED) is 0.297. The molecular weight excluding hydrogens is 464 g/mol. The van der Waals surface area contributed by atoms with Crippen molar-refractivity contribution in [2.75, 3.05) is 13.2 Å². The molecule has 0 bridgehead atoms. The van der Waals surface area contributed by atoms with Crippen molar-refractivity contribution in [3.05, 3.63) is 0 Å². The van der Waals surface area contributed by atoms with Crippen LogP contribution in [0.2, 0.25) is 0 Å². The van der Waals surface area contributed by atoms with Crippen molar-refractivity contribution in [3.63, 3.8) is 0 Å². The zero-order valence-electron chi connectivity index (χ0n) is 19.3. The molecule has 0 radical (unpaired) electrons. The lowest BCUT2D eigenvalue weighted by atomic mass is 10.1. The van der Waals surface area contributed by atoms with Gasteiger partial charge in [0.15, 0.2) is 37.0 Å². The SMILES string of the molecule is CC(=O)OC[C@@H]1O[C@@H](OC[C@@H]2O[C@@H](O)[C@H](OC(C)=O)[C@H]2OC(C)=O)[C@H](OC(C)=O)[C@H]1OC(C)=O. The highest BCUT2D eigenvalue weighted by Gasteiger charge is 2.53. The highest BCUT2D eigenvalue weighted by atomic mass is 16.8. The molecule has 2 rings (SSSR count). The number of carbonyl (C=O) groups is 5. The molecule has 2 aliphatic heterocycles. The second-order valence-corrected chi connectivity index (χ2v) is 7.54. The van der Waals surface area contributed by atoms with Crippen LogP contribution >= 0.6 is 0 Å². The third-order valence-electron chi connectivity index (χ3n) is 4.64. The van der Waals surface area contributed by atoms with E-state index in [4.69, 9.17) is 37.9 Å². The summed E-state index contributed by atoms with van der Waals surface area (Å²) < 4.78 is 42.1. The molecular formula is C20H28O14. The summed E-state index contributed by atoms with van der Waals surface area (Å²) in [4.78, 5) is 57.3. The van der Waals surface area contributed by atoms with E-state index in [2.05, 4.69) is 0 Å². The van der Waals surface area contributed by atoms with E-state index in [1.165, 1.54) is 6.92 Å². The Balaban J connectivity index is 2.18. The summed E-state index contributed by atoms with van der Waals surface area (Å²) >= 11 is 0. The van der Waals surface area contributed by atoms with E-state index in [0.717, 1.165) is 27.7 Å². The van der Waals surface area contributed by atoms with E-state index >= 15 is 0 Å². The zero-order chi connectivity index (χ0) is 25.6. The maximum absolute atomic E-state index is 11.6. The van der Waals surface area contributed by atoms with Gasteiger partial charge in [0, 0.05) is 34.6 Å². The normalized spacial score (nSPS) is 32.5. The Morgan fingerprint density at radius 3 is 1.56 bits per heavy atom. The number of hydrogen-bond acceptors (Lipinski definition) is 14. The molecule has 0 aromatic heterocycles. The van der Waals surface area contributed by atoms with E-state index in [1.807, 2.05) is 0 Å². The monoisotopic (exact) mass is 492 g/mol. The molecule has 0 aliphatic carbocycles. The fraction of sp³-hybridized carbons (Fsp3) is 0.750. The predicted molar refractivity (Wildman–Crippen MR) is 104 cm³/mol. The van der Waals surface area contributed by atoms with Gasteiger partial charge in [-0.25, -0.2) is 0 Å². The Hall–Kier alpha value is -2.81. The molecule has 34 heavy (non-hydrogen) atoms. The van der Waals surface area contributed by atoms with E-state index in [1.54, 1.807) is 0 Å². The number of aliphatic hydroxyl groups is 1. The summed E-state index contributed by atoms with van der Waals surface area (Å²) in [5.74, 6) is -3.52. The molecule has 2 saturated heterocycles. The highest BCUT2D eigenvalue weighted by Crippen LogP contribution is 2.31. The van der Waals surface area contributed by atoms with E-state index in [9.17, 15) is 29.1 Å². The largest absolute Gasteiger partial charge is 0.463 e. The van der Waals surface area contributed by atoms with Crippen LogP contribution in [-0.4, -0.2) is 97.4 Å². The number of aliphatic hydroxyl groups excluding tert-OH is 1. The average Bonchev–Trinajstić information content (AvgIpc) is 3.15. The Labute approximate surface area is 194 Å². The molecule has 192 valence electrons. The Morgan fingerprint density at radius 1 is 0.618 bits per heavy atom. The van der Waals surface area contributed by atoms with Crippen LogP contribution < -0.4 is 0 Å². The third-order valence-corrected chi connectivity index (χ3v) is 4.64. The molecule has 14 heteroatoms. The molecule has 0 amide bonds. The van der Waals surface area contributed by atoms with Gasteiger partial charge in [-0.05, 0) is 0 Å². The van der Waals surface area contributed by atoms with Crippen molar-refractivity contribution in [2.24, 2.45) is 0 Å². The van der Waals surface area contributed by atoms with Crippen molar-refractivity contribution in [1.29, 1.82) is 0 Å². The van der Waals surface area contributed by atoms with Gasteiger partial charge < -0.3 is 43.0 Å². The van der Waals surface area contributed by atoms with Gasteiger partial charge in [-0.15, -0.1) is 0 Å². The predicted octanol–water partition coefficient (Wildman–Crippen LogP) is -1.26. The minimum atomic E-state index is -1.61. The fourth-order valence-electron chi connectivity index (χ4n) is 3.49. The fourth-order valence-corrected chi connectivity index (χ4v) is 3.49. The van der Waals surface area contributed by atoms with Crippen molar-refractivity contribution in [3.8, 4) is 0 Å². The van der Waals surface area contributed by atoms with Gasteiger partial charge in [0.25, 0.3) is 0 Å². The van der Waals surface area contributed by atoms with Gasteiger partial charge in [0.2, 0.25) is 0 Å². The molecule has 0 aromatic carbocycles. The van der Waals surface area contributed by atoms with E-state index in [0.29, 0.717) is 0 Å². The Bertz CT molecular complexity index is 781. The second kappa shape index (κ2) is 12.1. The first-order chi connectivity index (χ1) is 15.9. The number of carbonyl (C=O) groups excluding carboxylic acids is 5. The molecule has 14 nitrogen and oxygen atoms in total. The molecule has 0 saturated carbocycles. The molecule has 0 aromatic rings. The van der Waals surface area contributed by atoms with E-state index in [-0.39, 0.29) is 13.2 Å². The lowest BCUT2D eigenvalue weighted by molar-refractivity contribution is -0.208. The smallest absolute Gasteiger partial charge is 0.303 e. The van der Waals surface area contributed by atoms with Crippen LogP contribution in [0.3, 0.4) is 0 Å². The molecule has 8 atom stereocenters. The molecule has 2 heterocycles. The van der Waals surface area contributed by atoms with Crippen LogP contribution in [0.5, 0.6) is 0 Å². The van der Waals surface area contributed by atoms with Crippen molar-refractivity contribution >= 4 is 29.8 Å². The maximum Gasteiger partial charge on any atom is 0.303 e. The summed E-state index contributed by atoms with van der Waals surface area (Å²) in [7, 11) is 0. The molecule has 2 fully saturated rings. The van der Waals surface area contributed by atoms with Crippen LogP contribution in [0.25, 0.3) is 0 Å². The van der Waals surface area contributed by atoms with Gasteiger partial charge in [-0.1, -0.05) is 0 Å². The van der Waals surface area contributed by atoms with Crippen molar-refractivity contribution in [1.82, 2.24) is 0 Å². The summed E-state index contributed by atoms with van der Waals surface area (Å²) in [6.07, 6.45) is -10.0. The summed E-state index contributed by atoms with van der Waals surface area (Å²) in [5, 5.41) is 10.1. The maximum atomic E-state index is 11.6. The lowest BCUT2D eigenvalue weighted by Crippen LogP contribution is -2.43. The lowest BCUT2D eigenvalue weighted by Gasteiger charge is -2.25. The molecule has 0 unspecified atom stereocenters. The van der Waals surface area contributed by atoms with Crippen LogP contribution in [0, 0.1) is 0 Å². The first kappa shape index (κ1) is 27.4. The van der Waals surface area contributed by atoms with Gasteiger partial charge in [-0.3, -0.25) is 24.0 Å². The standard InChI is InChI=1S/C20H28O14/c1-8(21)27-6-14-16(30-10(3)23)18(32-12(5)25)20(34-14)28-7-13-15(29-9(2)22)17(19(26)33-13)31-11(4)24/h13-20,26H,6-7H2,1-5H3/t13-,14-,15-,16-,17+,18+,19+,20+/m0/s1. The zero-order valence-corrected chi connectivity index (χ0v) is 19.3. The summed E-state index contributed by atoms with van der Waals surface area (Å²) in [6.45, 7) is 4.94. The van der Waals surface area contributed by atoms with E-state index < -0.39 is 79.1 Å². The topological polar surface area (TPSA) is 179 Å². The van der Waals surface area contributed by atoms with Gasteiger partial charge in [0.05, 0.1) is 6.61 Å².